The van der Waals surface area contributed by atoms with Gasteiger partial charge in [0.05, 0.1) is 14.9 Å². The van der Waals surface area contributed by atoms with Crippen molar-refractivity contribution in [2.24, 2.45) is 5.92 Å². The summed E-state index contributed by atoms with van der Waals surface area (Å²) in [6.45, 7) is 5.68. The molecule has 2 rings (SSSR count). The first-order valence-corrected chi connectivity index (χ1v) is 10.8. The first-order chi connectivity index (χ1) is 13.1. The van der Waals surface area contributed by atoms with Crippen LogP contribution in [-0.2, 0) is 14.8 Å². The summed E-state index contributed by atoms with van der Waals surface area (Å²) in [6.07, 6.45) is 0. The summed E-state index contributed by atoms with van der Waals surface area (Å²) in [5, 5.41) is 3.38. The van der Waals surface area contributed by atoms with Gasteiger partial charge in [0.25, 0.3) is 5.91 Å². The van der Waals surface area contributed by atoms with E-state index in [4.69, 9.17) is 27.9 Å². The predicted molar refractivity (Wildman–Crippen MR) is 112 cm³/mol. The van der Waals surface area contributed by atoms with E-state index in [1.165, 1.54) is 24.3 Å². The Morgan fingerprint density at radius 2 is 1.82 bits per heavy atom. The number of rotatable bonds is 8. The summed E-state index contributed by atoms with van der Waals surface area (Å²) in [5.74, 6) is 0.243. The second-order valence-corrected chi connectivity index (χ2v) is 9.22. The fourth-order valence-electron chi connectivity index (χ4n) is 2.22. The first-order valence-electron chi connectivity index (χ1n) is 8.56. The Labute approximate surface area is 175 Å². The number of carbonyl (C=O) groups excluding carboxylic acids is 1. The second kappa shape index (κ2) is 9.60. The van der Waals surface area contributed by atoms with Gasteiger partial charge in [-0.25, -0.2) is 13.1 Å². The van der Waals surface area contributed by atoms with E-state index in [0.717, 1.165) is 0 Å². The molecule has 0 radical (unpaired) electrons. The molecule has 0 saturated heterocycles. The van der Waals surface area contributed by atoms with Crippen LogP contribution in [0.5, 0.6) is 5.75 Å². The molecule has 0 aliphatic carbocycles. The van der Waals surface area contributed by atoms with Crippen molar-refractivity contribution >= 4 is 44.8 Å². The van der Waals surface area contributed by atoms with E-state index in [1.54, 1.807) is 19.1 Å². The Morgan fingerprint density at radius 1 is 1.11 bits per heavy atom. The van der Waals surface area contributed by atoms with Gasteiger partial charge >= 0.3 is 0 Å². The third-order valence-corrected chi connectivity index (χ3v) is 5.86. The molecule has 0 saturated carbocycles. The Morgan fingerprint density at radius 3 is 2.43 bits per heavy atom. The molecule has 2 N–H and O–H groups in total. The molecule has 1 amide bonds. The standard InChI is InChI=1S/C19H22Cl2N2O4S/c1-12(2)10-22-28(25,26)15-5-7-18(13(3)8-15)27-11-19(24)23-14-4-6-16(20)17(21)9-14/h4-9,12,22H,10-11H2,1-3H3,(H,23,24). The third kappa shape index (κ3) is 6.38. The number of sulfonamides is 1. The van der Waals surface area contributed by atoms with Crippen molar-refractivity contribution in [3.8, 4) is 5.75 Å². The molecule has 0 atom stereocenters. The molecule has 6 nitrogen and oxygen atoms in total. The quantitative estimate of drug-likeness (QED) is 0.636. The average Bonchev–Trinajstić information content (AvgIpc) is 2.62. The fraction of sp³-hybridized carbons (Fsp3) is 0.316. The van der Waals surface area contributed by atoms with Gasteiger partial charge in [-0.1, -0.05) is 37.0 Å². The van der Waals surface area contributed by atoms with Gasteiger partial charge in [0.2, 0.25) is 10.0 Å². The third-order valence-electron chi connectivity index (χ3n) is 3.70. The zero-order chi connectivity index (χ0) is 20.9. The van der Waals surface area contributed by atoms with Crippen LogP contribution in [-0.4, -0.2) is 27.5 Å². The van der Waals surface area contributed by atoms with Gasteiger partial charge < -0.3 is 10.1 Å². The second-order valence-electron chi connectivity index (χ2n) is 6.64. The van der Waals surface area contributed by atoms with Crippen molar-refractivity contribution in [2.75, 3.05) is 18.5 Å². The maximum absolute atomic E-state index is 12.3. The van der Waals surface area contributed by atoms with Crippen LogP contribution in [0.15, 0.2) is 41.3 Å². The van der Waals surface area contributed by atoms with Crippen LogP contribution in [0.1, 0.15) is 19.4 Å². The lowest BCUT2D eigenvalue weighted by atomic mass is 10.2. The van der Waals surface area contributed by atoms with E-state index in [9.17, 15) is 13.2 Å². The number of halogens is 2. The predicted octanol–water partition coefficient (Wildman–Crippen LogP) is 4.25. The Bertz CT molecular complexity index is 962. The van der Waals surface area contributed by atoms with Crippen molar-refractivity contribution < 1.29 is 17.9 Å². The van der Waals surface area contributed by atoms with Gasteiger partial charge in [0.1, 0.15) is 5.75 Å². The maximum Gasteiger partial charge on any atom is 0.262 e. The minimum absolute atomic E-state index is 0.151. The maximum atomic E-state index is 12.3. The average molecular weight is 445 g/mol. The minimum Gasteiger partial charge on any atom is -0.483 e. The number of aryl methyl sites for hydroxylation is 1. The van der Waals surface area contributed by atoms with E-state index in [2.05, 4.69) is 10.0 Å². The van der Waals surface area contributed by atoms with Crippen LogP contribution >= 0.6 is 23.2 Å². The number of hydrogen-bond acceptors (Lipinski definition) is 4. The van der Waals surface area contributed by atoms with Crippen molar-refractivity contribution in [1.29, 1.82) is 0 Å². The number of nitrogens with one attached hydrogen (secondary N) is 2. The van der Waals surface area contributed by atoms with E-state index in [1.807, 2.05) is 13.8 Å². The first kappa shape index (κ1) is 22.5. The normalized spacial score (nSPS) is 11.5. The Balaban J connectivity index is 1.99. The van der Waals surface area contributed by atoms with Gasteiger partial charge in [-0.2, -0.15) is 0 Å². The monoisotopic (exact) mass is 444 g/mol. The zero-order valence-corrected chi connectivity index (χ0v) is 18.1. The number of ether oxygens (including phenoxy) is 1. The molecule has 9 heteroatoms. The lowest BCUT2D eigenvalue weighted by Crippen LogP contribution is -2.27. The fourth-order valence-corrected chi connectivity index (χ4v) is 3.82. The molecule has 0 fully saturated rings. The largest absolute Gasteiger partial charge is 0.483 e. The number of anilines is 1. The number of hydrogen-bond donors (Lipinski definition) is 2. The van der Waals surface area contributed by atoms with Gasteiger partial charge in [0.15, 0.2) is 6.61 Å². The molecule has 0 bridgehead atoms. The van der Waals surface area contributed by atoms with Gasteiger partial charge in [-0.05, 0) is 54.8 Å². The molecule has 0 heterocycles. The molecular formula is C19H22Cl2N2O4S. The van der Waals surface area contributed by atoms with Crippen molar-refractivity contribution in [2.45, 2.75) is 25.7 Å². The highest BCUT2D eigenvalue weighted by atomic mass is 35.5. The van der Waals surface area contributed by atoms with Crippen LogP contribution in [0.25, 0.3) is 0 Å². The summed E-state index contributed by atoms with van der Waals surface area (Å²) >= 11 is 11.8. The number of carbonyl (C=O) groups is 1. The lowest BCUT2D eigenvalue weighted by Gasteiger charge is -2.13. The van der Waals surface area contributed by atoms with Gasteiger partial charge in [-0.15, -0.1) is 0 Å². The summed E-state index contributed by atoms with van der Waals surface area (Å²) in [7, 11) is -3.58. The molecule has 2 aromatic rings. The van der Waals surface area contributed by atoms with E-state index < -0.39 is 10.0 Å². The molecule has 0 aliphatic rings. The Kier molecular flexibility index (Phi) is 7.71. The zero-order valence-electron chi connectivity index (χ0n) is 15.8. The van der Waals surface area contributed by atoms with Crippen LogP contribution < -0.4 is 14.8 Å². The molecular weight excluding hydrogens is 423 g/mol. The van der Waals surface area contributed by atoms with Crippen LogP contribution in [0.4, 0.5) is 5.69 Å². The number of amides is 1. The Hall–Kier alpha value is -1.80. The summed E-state index contributed by atoms with van der Waals surface area (Å²) in [6, 6.07) is 9.23. The van der Waals surface area contributed by atoms with Crippen molar-refractivity contribution in [3.05, 3.63) is 52.0 Å². The number of benzene rings is 2. The van der Waals surface area contributed by atoms with Gasteiger partial charge in [-0.3, -0.25) is 4.79 Å². The van der Waals surface area contributed by atoms with E-state index in [0.29, 0.717) is 33.6 Å². The summed E-state index contributed by atoms with van der Waals surface area (Å²) < 4.78 is 32.6. The molecule has 2 aromatic carbocycles. The van der Waals surface area contributed by atoms with Crippen LogP contribution in [0, 0.1) is 12.8 Å². The van der Waals surface area contributed by atoms with E-state index >= 15 is 0 Å². The minimum atomic E-state index is -3.58. The molecule has 0 unspecified atom stereocenters. The van der Waals surface area contributed by atoms with Crippen LogP contribution in [0.2, 0.25) is 10.0 Å². The van der Waals surface area contributed by atoms with Gasteiger partial charge in [0, 0.05) is 12.2 Å². The SMILES string of the molecule is Cc1cc(S(=O)(=O)NCC(C)C)ccc1OCC(=O)Nc1ccc(Cl)c(Cl)c1. The molecule has 0 spiro atoms. The molecule has 28 heavy (non-hydrogen) atoms. The van der Waals surface area contributed by atoms with Crippen molar-refractivity contribution in [1.82, 2.24) is 4.72 Å². The van der Waals surface area contributed by atoms with Crippen LogP contribution in [0.3, 0.4) is 0 Å². The summed E-state index contributed by atoms with van der Waals surface area (Å²) in [4.78, 5) is 12.2. The topological polar surface area (TPSA) is 84.5 Å². The molecule has 0 aromatic heterocycles. The van der Waals surface area contributed by atoms with Crippen molar-refractivity contribution in [3.63, 3.8) is 0 Å². The highest BCUT2D eigenvalue weighted by Gasteiger charge is 2.16. The summed E-state index contributed by atoms with van der Waals surface area (Å²) in [5.41, 5.74) is 1.10. The van der Waals surface area contributed by atoms with E-state index in [-0.39, 0.29) is 23.3 Å². The smallest absolute Gasteiger partial charge is 0.262 e. The highest BCUT2D eigenvalue weighted by molar-refractivity contribution is 7.89. The highest BCUT2D eigenvalue weighted by Crippen LogP contribution is 2.25. The molecule has 0 aliphatic heterocycles. The molecule has 152 valence electrons. The lowest BCUT2D eigenvalue weighted by molar-refractivity contribution is -0.118.